The fourth-order valence-electron chi connectivity index (χ4n) is 3.92. The molecule has 135 valence electrons. The van der Waals surface area contributed by atoms with Gasteiger partial charge in [0, 0.05) is 30.1 Å². The van der Waals surface area contributed by atoms with Crippen LogP contribution in [0.4, 0.5) is 0 Å². The number of rotatable bonds is 4. The number of nitrogens with zero attached hydrogens (tertiary/aromatic N) is 1. The van der Waals surface area contributed by atoms with Gasteiger partial charge in [0.2, 0.25) is 0 Å². The lowest BCUT2D eigenvalue weighted by molar-refractivity contribution is 0.837. The van der Waals surface area contributed by atoms with Crippen LogP contribution in [-0.4, -0.2) is 4.57 Å². The van der Waals surface area contributed by atoms with Crippen molar-refractivity contribution in [1.82, 2.24) is 4.57 Å². The van der Waals surface area contributed by atoms with Gasteiger partial charge in [-0.3, -0.25) is 0 Å². The largest absolute Gasteiger partial charge is 0.343 e. The van der Waals surface area contributed by atoms with E-state index < -0.39 is 0 Å². The number of fused-ring (bicyclic) bond motifs is 1. The molecule has 0 bridgehead atoms. The van der Waals surface area contributed by atoms with Gasteiger partial charge in [-0.15, -0.1) is 0 Å². The zero-order valence-corrected chi connectivity index (χ0v) is 15.7. The van der Waals surface area contributed by atoms with Crippen molar-refractivity contribution >= 4 is 10.9 Å². The van der Waals surface area contributed by atoms with E-state index in [1.54, 1.807) is 0 Å². The Labute approximate surface area is 166 Å². The molecule has 28 heavy (non-hydrogen) atoms. The van der Waals surface area contributed by atoms with E-state index in [2.05, 4.69) is 120 Å². The summed E-state index contributed by atoms with van der Waals surface area (Å²) in [5.41, 5.74) is 5.20. The van der Waals surface area contributed by atoms with Crippen LogP contribution in [0.3, 0.4) is 0 Å². The summed E-state index contributed by atoms with van der Waals surface area (Å²) in [6, 6.07) is 30.2. The SMILES string of the molecule is C1=CC(c2ccccc2)C=C[C]1c1ccc2c(ccn2Cc2ccccc2)c1. The molecule has 0 amide bonds. The maximum absolute atomic E-state index is 2.32. The lowest BCUT2D eigenvalue weighted by Crippen LogP contribution is -2.01. The van der Waals surface area contributed by atoms with Gasteiger partial charge in [0.25, 0.3) is 0 Å². The standard InChI is InChI=1S/C27H22N/c1-3-7-21(8-4-1)20-28-18-17-26-19-25(15-16-27(26)28)24-13-11-23(12-14-24)22-9-5-2-6-10-22/h1-19,23H,20H2. The number of hydrogen-bond donors (Lipinski definition) is 0. The molecule has 1 nitrogen and oxygen atoms in total. The first kappa shape index (κ1) is 16.8. The molecule has 1 radical (unpaired) electrons. The number of allylic oxidation sites excluding steroid dienone is 4. The Kier molecular flexibility index (Phi) is 4.42. The Morgan fingerprint density at radius 2 is 1.43 bits per heavy atom. The van der Waals surface area contributed by atoms with Crippen molar-refractivity contribution in [3.05, 3.63) is 138 Å². The molecular weight excluding hydrogens is 338 g/mol. The van der Waals surface area contributed by atoms with E-state index in [0.717, 1.165) is 6.54 Å². The van der Waals surface area contributed by atoms with Gasteiger partial charge in [-0.2, -0.15) is 0 Å². The van der Waals surface area contributed by atoms with E-state index in [4.69, 9.17) is 0 Å². The fourth-order valence-corrected chi connectivity index (χ4v) is 3.92. The normalized spacial score (nSPS) is 14.7. The predicted octanol–water partition coefficient (Wildman–Crippen LogP) is 6.52. The molecule has 0 aliphatic heterocycles. The lowest BCUT2D eigenvalue weighted by Gasteiger charge is -2.17. The average molecular weight is 360 g/mol. The average Bonchev–Trinajstić information content (AvgIpc) is 3.17. The van der Waals surface area contributed by atoms with E-state index in [1.165, 1.54) is 33.5 Å². The molecule has 1 aromatic heterocycles. The molecule has 0 spiro atoms. The molecule has 3 aromatic carbocycles. The third-order valence-corrected chi connectivity index (χ3v) is 5.45. The minimum Gasteiger partial charge on any atom is -0.343 e. The Bertz CT molecular complexity index is 1120. The smallest absolute Gasteiger partial charge is 0.0483 e. The molecule has 4 aromatic rings. The van der Waals surface area contributed by atoms with Crippen LogP contribution >= 0.6 is 0 Å². The van der Waals surface area contributed by atoms with Crippen LogP contribution in [0, 0.1) is 5.92 Å². The topological polar surface area (TPSA) is 4.93 Å². The van der Waals surface area contributed by atoms with Crippen molar-refractivity contribution < 1.29 is 0 Å². The Morgan fingerprint density at radius 3 is 2.18 bits per heavy atom. The highest BCUT2D eigenvalue weighted by atomic mass is 14.9. The third kappa shape index (κ3) is 3.32. The third-order valence-electron chi connectivity index (χ3n) is 5.45. The molecule has 0 fully saturated rings. The van der Waals surface area contributed by atoms with Crippen molar-refractivity contribution in [2.45, 2.75) is 12.5 Å². The van der Waals surface area contributed by atoms with Crippen LogP contribution in [0.2, 0.25) is 0 Å². The minimum atomic E-state index is 0.362. The zero-order chi connectivity index (χ0) is 18.8. The number of benzene rings is 3. The molecule has 0 saturated heterocycles. The van der Waals surface area contributed by atoms with Crippen LogP contribution in [0.25, 0.3) is 10.9 Å². The van der Waals surface area contributed by atoms with Crippen LogP contribution < -0.4 is 0 Å². The Balaban J connectivity index is 1.37. The highest BCUT2D eigenvalue weighted by molar-refractivity contribution is 5.82. The second kappa shape index (κ2) is 7.36. The first-order chi connectivity index (χ1) is 13.9. The molecule has 0 atom stereocenters. The summed E-state index contributed by atoms with van der Waals surface area (Å²) in [5.74, 6) is 1.63. The fraction of sp³-hybridized carbons (Fsp3) is 0.0741. The van der Waals surface area contributed by atoms with Gasteiger partial charge in [0.05, 0.1) is 0 Å². The lowest BCUT2D eigenvalue weighted by atomic mass is 9.87. The summed E-state index contributed by atoms with van der Waals surface area (Å²) < 4.78 is 2.32. The molecule has 0 N–H and O–H groups in total. The Morgan fingerprint density at radius 1 is 0.714 bits per heavy atom. The van der Waals surface area contributed by atoms with Gasteiger partial charge < -0.3 is 4.57 Å². The van der Waals surface area contributed by atoms with Gasteiger partial charge in [-0.1, -0.05) is 91.0 Å². The van der Waals surface area contributed by atoms with E-state index in [9.17, 15) is 0 Å². The zero-order valence-electron chi connectivity index (χ0n) is 15.7. The van der Waals surface area contributed by atoms with Crippen molar-refractivity contribution in [1.29, 1.82) is 0 Å². The van der Waals surface area contributed by atoms with E-state index in [-0.39, 0.29) is 0 Å². The minimum absolute atomic E-state index is 0.362. The molecular formula is C27H22N. The van der Waals surface area contributed by atoms with Gasteiger partial charge in [0.15, 0.2) is 0 Å². The first-order valence-electron chi connectivity index (χ1n) is 9.78. The molecule has 1 aliphatic rings. The van der Waals surface area contributed by atoms with E-state index in [0.29, 0.717) is 5.92 Å². The van der Waals surface area contributed by atoms with Crippen LogP contribution in [-0.2, 0) is 6.54 Å². The molecule has 0 saturated carbocycles. The highest BCUT2D eigenvalue weighted by Gasteiger charge is 2.14. The summed E-state index contributed by atoms with van der Waals surface area (Å²) >= 11 is 0. The molecule has 1 heteroatoms. The summed E-state index contributed by atoms with van der Waals surface area (Å²) in [6.45, 7) is 0.902. The van der Waals surface area contributed by atoms with Gasteiger partial charge in [0.1, 0.15) is 0 Å². The summed E-state index contributed by atoms with van der Waals surface area (Å²) in [7, 11) is 0. The number of hydrogen-bond acceptors (Lipinski definition) is 0. The van der Waals surface area contributed by atoms with Crippen molar-refractivity contribution in [2.24, 2.45) is 0 Å². The van der Waals surface area contributed by atoms with Crippen molar-refractivity contribution in [2.75, 3.05) is 0 Å². The van der Waals surface area contributed by atoms with Gasteiger partial charge in [-0.25, -0.2) is 0 Å². The molecule has 1 heterocycles. The predicted molar refractivity (Wildman–Crippen MR) is 117 cm³/mol. The van der Waals surface area contributed by atoms with Crippen LogP contribution in [0.15, 0.2) is 115 Å². The van der Waals surface area contributed by atoms with Crippen LogP contribution in [0.5, 0.6) is 0 Å². The summed E-state index contributed by atoms with van der Waals surface area (Å²) in [6.07, 6.45) is 11.3. The second-order valence-electron chi connectivity index (χ2n) is 7.31. The van der Waals surface area contributed by atoms with E-state index >= 15 is 0 Å². The van der Waals surface area contributed by atoms with Gasteiger partial charge in [-0.05, 0) is 40.3 Å². The Hall–Kier alpha value is -3.32. The first-order valence-corrected chi connectivity index (χ1v) is 9.78. The van der Waals surface area contributed by atoms with Crippen LogP contribution in [0.1, 0.15) is 22.6 Å². The highest BCUT2D eigenvalue weighted by Crippen LogP contribution is 2.30. The summed E-state index contributed by atoms with van der Waals surface area (Å²) in [5, 5.41) is 1.29. The molecule has 0 unspecified atom stereocenters. The quantitative estimate of drug-likeness (QED) is 0.390. The number of aromatic nitrogens is 1. The van der Waals surface area contributed by atoms with Crippen molar-refractivity contribution in [3.8, 4) is 0 Å². The monoisotopic (exact) mass is 360 g/mol. The maximum Gasteiger partial charge on any atom is 0.0483 e. The van der Waals surface area contributed by atoms with Crippen molar-refractivity contribution in [3.63, 3.8) is 0 Å². The summed E-state index contributed by atoms with van der Waals surface area (Å²) in [4.78, 5) is 0. The van der Waals surface area contributed by atoms with Gasteiger partial charge >= 0.3 is 0 Å². The maximum atomic E-state index is 2.32. The second-order valence-corrected chi connectivity index (χ2v) is 7.31. The molecule has 1 aliphatic carbocycles. The molecule has 5 rings (SSSR count). The van der Waals surface area contributed by atoms with E-state index in [1.807, 2.05) is 0 Å².